The number of hydrazone groups is 1. The molecule has 1 aliphatic carbocycles. The molecule has 12 nitrogen and oxygen atoms in total. The standard InChI is InChI=1S/C26H34N6O6S/c27-29-17-31-11-3-4-18(15-31)14-28-24(33)13-23(26(36)32(16-25(34)35)21-8-9-21)30-39(37,38)22-10-7-19-5-1-2-6-20(19)12-22/h1-2,5-7,10,12,17-18,21,23,30H,3-4,8-9,11,13-16,27H2,(H,28,33)(H,34,35)/t18-,23+/m0/s1. The zero-order chi connectivity index (χ0) is 28.0. The van der Waals surface area contributed by atoms with Gasteiger partial charge < -0.3 is 26.1 Å². The number of carboxylic acids is 1. The maximum absolute atomic E-state index is 13.5. The average Bonchev–Trinajstić information content (AvgIpc) is 3.75. The molecule has 0 radical (unpaired) electrons. The summed E-state index contributed by atoms with van der Waals surface area (Å²) in [5.41, 5.74) is 0. The highest BCUT2D eigenvalue weighted by Gasteiger charge is 2.39. The third-order valence-electron chi connectivity index (χ3n) is 6.96. The first-order valence-electron chi connectivity index (χ1n) is 12.9. The third-order valence-corrected chi connectivity index (χ3v) is 8.43. The molecule has 0 unspecified atom stereocenters. The van der Waals surface area contributed by atoms with Crippen LogP contribution in [0.2, 0.25) is 0 Å². The van der Waals surface area contributed by atoms with Gasteiger partial charge in [0.2, 0.25) is 21.8 Å². The van der Waals surface area contributed by atoms with Crippen LogP contribution in [0.25, 0.3) is 10.8 Å². The monoisotopic (exact) mass is 558 g/mol. The Kier molecular flexibility index (Phi) is 9.02. The number of carbonyl (C=O) groups is 3. The van der Waals surface area contributed by atoms with Gasteiger partial charge in [0.1, 0.15) is 18.9 Å². The lowest BCUT2D eigenvalue weighted by molar-refractivity contribution is -0.146. The highest BCUT2D eigenvalue weighted by molar-refractivity contribution is 7.89. The molecule has 1 saturated carbocycles. The Labute approximate surface area is 227 Å². The van der Waals surface area contributed by atoms with Crippen molar-refractivity contribution in [1.29, 1.82) is 0 Å². The number of rotatable bonds is 12. The maximum Gasteiger partial charge on any atom is 0.323 e. The normalized spacial score (nSPS) is 18.7. The van der Waals surface area contributed by atoms with Gasteiger partial charge in [-0.2, -0.15) is 9.82 Å². The summed E-state index contributed by atoms with van der Waals surface area (Å²) in [6, 6.07) is 10.1. The van der Waals surface area contributed by atoms with Crippen LogP contribution in [0.5, 0.6) is 0 Å². The van der Waals surface area contributed by atoms with Crippen molar-refractivity contribution >= 4 is 44.9 Å². The first-order valence-corrected chi connectivity index (χ1v) is 14.4. The van der Waals surface area contributed by atoms with Gasteiger partial charge in [-0.25, -0.2) is 8.42 Å². The number of hydrogen-bond acceptors (Lipinski definition) is 7. The minimum absolute atomic E-state index is 0.0560. The number of nitrogens with two attached hydrogens (primary N) is 1. The molecule has 1 saturated heterocycles. The van der Waals surface area contributed by atoms with Crippen molar-refractivity contribution in [3.63, 3.8) is 0 Å². The van der Waals surface area contributed by atoms with E-state index in [2.05, 4.69) is 15.1 Å². The summed E-state index contributed by atoms with van der Waals surface area (Å²) in [5, 5.41) is 17.2. The first kappa shape index (κ1) is 28.3. The largest absolute Gasteiger partial charge is 0.480 e. The number of hydrogen-bond donors (Lipinski definition) is 4. The topological polar surface area (TPSA) is 174 Å². The van der Waals surface area contributed by atoms with Crippen molar-refractivity contribution in [2.75, 3.05) is 26.2 Å². The fraction of sp³-hybridized carbons (Fsp3) is 0.462. The van der Waals surface area contributed by atoms with Gasteiger partial charge in [0.15, 0.2) is 0 Å². The number of benzene rings is 2. The van der Waals surface area contributed by atoms with Crippen LogP contribution in [0.15, 0.2) is 52.5 Å². The molecule has 2 aromatic rings. The van der Waals surface area contributed by atoms with E-state index < -0.39 is 46.8 Å². The number of carboxylic acid groups (broad SMARTS) is 1. The van der Waals surface area contributed by atoms with Crippen molar-refractivity contribution in [2.24, 2.45) is 16.9 Å². The Balaban J connectivity index is 1.50. The summed E-state index contributed by atoms with van der Waals surface area (Å²) in [6.07, 6.45) is 4.14. The number of aliphatic carboxylic acids is 1. The highest BCUT2D eigenvalue weighted by atomic mass is 32.2. The summed E-state index contributed by atoms with van der Waals surface area (Å²) in [4.78, 5) is 40.9. The van der Waals surface area contributed by atoms with Gasteiger partial charge in [0.05, 0.1) is 11.3 Å². The van der Waals surface area contributed by atoms with E-state index in [1.165, 1.54) is 12.1 Å². The molecule has 39 heavy (non-hydrogen) atoms. The lowest BCUT2D eigenvalue weighted by Gasteiger charge is -2.31. The Hall–Kier alpha value is -3.71. The number of sulfonamides is 1. The number of nitrogens with one attached hydrogen (secondary N) is 2. The van der Waals surface area contributed by atoms with E-state index in [1.807, 2.05) is 17.0 Å². The van der Waals surface area contributed by atoms with E-state index in [9.17, 15) is 27.9 Å². The average molecular weight is 559 g/mol. The van der Waals surface area contributed by atoms with Crippen LogP contribution < -0.4 is 15.9 Å². The predicted octanol–water partition coefficient (Wildman–Crippen LogP) is 0.683. The molecular formula is C26H34N6O6S. The Morgan fingerprint density at radius 3 is 2.59 bits per heavy atom. The van der Waals surface area contributed by atoms with E-state index in [-0.39, 0.29) is 16.9 Å². The van der Waals surface area contributed by atoms with Gasteiger partial charge in [-0.15, -0.1) is 0 Å². The second kappa shape index (κ2) is 12.4. The molecule has 0 spiro atoms. The Morgan fingerprint density at radius 1 is 1.15 bits per heavy atom. The van der Waals surface area contributed by atoms with Gasteiger partial charge >= 0.3 is 5.97 Å². The maximum atomic E-state index is 13.5. The van der Waals surface area contributed by atoms with Crippen molar-refractivity contribution in [2.45, 2.75) is 49.1 Å². The molecule has 2 aromatic carbocycles. The number of nitrogens with zero attached hydrogens (tertiary/aromatic N) is 3. The second-order valence-electron chi connectivity index (χ2n) is 10.0. The highest BCUT2D eigenvalue weighted by Crippen LogP contribution is 2.28. The molecule has 4 rings (SSSR count). The van der Waals surface area contributed by atoms with E-state index in [0.717, 1.165) is 29.7 Å². The van der Waals surface area contributed by atoms with Crippen LogP contribution in [0.1, 0.15) is 32.1 Å². The van der Waals surface area contributed by atoms with Gasteiger partial charge in [-0.1, -0.05) is 30.3 Å². The fourth-order valence-corrected chi connectivity index (χ4v) is 6.09. The molecule has 1 heterocycles. The fourth-order valence-electron chi connectivity index (χ4n) is 4.87. The summed E-state index contributed by atoms with van der Waals surface area (Å²) < 4.78 is 29.1. The molecule has 2 atom stereocenters. The van der Waals surface area contributed by atoms with Crippen molar-refractivity contribution in [1.82, 2.24) is 19.8 Å². The quantitative estimate of drug-likeness (QED) is 0.127. The summed E-state index contributed by atoms with van der Waals surface area (Å²) in [6.45, 7) is 1.25. The summed E-state index contributed by atoms with van der Waals surface area (Å²) in [5.74, 6) is 2.92. The molecule has 2 aliphatic rings. The van der Waals surface area contributed by atoms with Crippen LogP contribution in [0, 0.1) is 5.92 Å². The summed E-state index contributed by atoms with van der Waals surface area (Å²) in [7, 11) is -4.22. The van der Waals surface area contributed by atoms with Crippen LogP contribution in [0.4, 0.5) is 0 Å². The number of fused-ring (bicyclic) bond motifs is 1. The molecule has 13 heteroatoms. The van der Waals surface area contributed by atoms with Crippen molar-refractivity contribution in [3.05, 3.63) is 42.5 Å². The van der Waals surface area contributed by atoms with Crippen LogP contribution in [-0.4, -0.2) is 85.7 Å². The summed E-state index contributed by atoms with van der Waals surface area (Å²) >= 11 is 0. The zero-order valence-corrected chi connectivity index (χ0v) is 22.3. The van der Waals surface area contributed by atoms with Gasteiger partial charge in [0, 0.05) is 25.7 Å². The van der Waals surface area contributed by atoms with Crippen molar-refractivity contribution < 1.29 is 27.9 Å². The molecule has 1 aliphatic heterocycles. The molecule has 2 fully saturated rings. The lowest BCUT2D eigenvalue weighted by Crippen LogP contribution is -2.52. The third kappa shape index (κ3) is 7.67. The van der Waals surface area contributed by atoms with Crippen molar-refractivity contribution in [3.8, 4) is 0 Å². The van der Waals surface area contributed by atoms with E-state index in [4.69, 9.17) is 5.84 Å². The van der Waals surface area contributed by atoms with Gasteiger partial charge in [0.25, 0.3) is 0 Å². The zero-order valence-electron chi connectivity index (χ0n) is 21.5. The minimum Gasteiger partial charge on any atom is -0.480 e. The Morgan fingerprint density at radius 2 is 1.90 bits per heavy atom. The van der Waals surface area contributed by atoms with Crippen LogP contribution >= 0.6 is 0 Å². The van der Waals surface area contributed by atoms with Gasteiger partial charge in [-0.3, -0.25) is 14.4 Å². The molecule has 5 N–H and O–H groups in total. The number of likely N-dealkylation sites (tertiary alicyclic amines) is 1. The van der Waals surface area contributed by atoms with E-state index in [0.29, 0.717) is 31.3 Å². The van der Waals surface area contributed by atoms with Crippen LogP contribution in [0.3, 0.4) is 0 Å². The van der Waals surface area contributed by atoms with Gasteiger partial charge in [-0.05, 0) is 54.5 Å². The van der Waals surface area contributed by atoms with Crippen LogP contribution in [-0.2, 0) is 24.4 Å². The van der Waals surface area contributed by atoms with E-state index >= 15 is 0 Å². The van der Waals surface area contributed by atoms with E-state index in [1.54, 1.807) is 24.5 Å². The Bertz CT molecular complexity index is 1350. The first-order chi connectivity index (χ1) is 18.7. The SMILES string of the molecule is NN=CN1CCC[C@@H](CNC(=O)C[C@@H](NS(=O)(=O)c2ccc3ccccc3c2)C(=O)N(CC(=O)O)C2CC2)C1. The number of piperidine rings is 1. The molecule has 0 aromatic heterocycles. The predicted molar refractivity (Wildman–Crippen MR) is 145 cm³/mol. The molecule has 2 amide bonds. The minimum atomic E-state index is -4.22. The smallest absolute Gasteiger partial charge is 0.323 e. The molecule has 210 valence electrons. The molecular weight excluding hydrogens is 524 g/mol. The molecule has 0 bridgehead atoms. The lowest BCUT2D eigenvalue weighted by atomic mass is 9.98. The number of amides is 2. The second-order valence-corrected chi connectivity index (χ2v) is 11.8. The number of carbonyl (C=O) groups excluding carboxylic acids is 2.